The van der Waals surface area contributed by atoms with Gasteiger partial charge < -0.3 is 10.0 Å². The van der Waals surface area contributed by atoms with Gasteiger partial charge in [-0.25, -0.2) is 0 Å². The van der Waals surface area contributed by atoms with E-state index in [4.69, 9.17) is 0 Å². The van der Waals surface area contributed by atoms with Crippen molar-refractivity contribution < 1.29 is 5.11 Å². The van der Waals surface area contributed by atoms with Gasteiger partial charge in [-0.2, -0.15) is 0 Å². The first-order chi connectivity index (χ1) is 8.55. The highest BCUT2D eigenvalue weighted by molar-refractivity contribution is 9.10. The van der Waals surface area contributed by atoms with E-state index in [0.29, 0.717) is 6.54 Å². The number of rotatable bonds is 1. The zero-order valence-electron chi connectivity index (χ0n) is 10.1. The number of nitrogens with zero attached hydrogens (tertiary/aromatic N) is 3. The summed E-state index contributed by atoms with van der Waals surface area (Å²) in [5.74, 6) is 0. The van der Waals surface area contributed by atoms with Crippen molar-refractivity contribution in [3.8, 4) is 0 Å². The maximum Gasteiger partial charge on any atom is 0.112 e. The Morgan fingerprint density at radius 3 is 3.00 bits per heavy atom. The van der Waals surface area contributed by atoms with Crippen LogP contribution in [0.5, 0.6) is 0 Å². The lowest BCUT2D eigenvalue weighted by molar-refractivity contribution is 0.0839. The Balaban J connectivity index is 2.07. The highest BCUT2D eigenvalue weighted by atomic mass is 79.9. The van der Waals surface area contributed by atoms with E-state index >= 15 is 0 Å². The fourth-order valence-corrected chi connectivity index (χ4v) is 2.72. The number of anilines is 1. The van der Waals surface area contributed by atoms with Crippen molar-refractivity contribution in [2.75, 3.05) is 18.0 Å². The predicted octanol–water partition coefficient (Wildman–Crippen LogP) is 2.35. The Labute approximate surface area is 114 Å². The number of β-amino-alcohol motifs (C(OH)–C–C–N with tert-alkyl or cyclic N) is 1. The van der Waals surface area contributed by atoms with Gasteiger partial charge in [0.05, 0.1) is 16.8 Å². The highest BCUT2D eigenvalue weighted by Crippen LogP contribution is 2.30. The van der Waals surface area contributed by atoms with Gasteiger partial charge in [-0.3, -0.25) is 9.97 Å². The van der Waals surface area contributed by atoms with Gasteiger partial charge in [0.15, 0.2) is 0 Å². The molecule has 1 aliphatic heterocycles. The average molecular weight is 308 g/mol. The lowest BCUT2D eigenvalue weighted by Crippen LogP contribution is -2.29. The molecule has 0 amide bonds. The Kier molecular flexibility index (Phi) is 2.75. The molecule has 3 rings (SSSR count). The smallest absolute Gasteiger partial charge is 0.112 e. The molecular formula is C13H14BrN3O. The van der Waals surface area contributed by atoms with Crippen LogP contribution in [0.2, 0.25) is 0 Å². The fraction of sp³-hybridized carbons (Fsp3) is 0.385. The molecule has 1 unspecified atom stereocenters. The third kappa shape index (κ3) is 2.08. The van der Waals surface area contributed by atoms with Crippen molar-refractivity contribution in [3.63, 3.8) is 0 Å². The van der Waals surface area contributed by atoms with Gasteiger partial charge >= 0.3 is 0 Å². The molecule has 2 aromatic rings. The predicted molar refractivity (Wildman–Crippen MR) is 74.7 cm³/mol. The van der Waals surface area contributed by atoms with Crippen LogP contribution in [0.1, 0.15) is 13.3 Å². The zero-order chi connectivity index (χ0) is 12.8. The van der Waals surface area contributed by atoms with Crippen LogP contribution in [0.4, 0.5) is 5.69 Å². The Morgan fingerprint density at radius 1 is 1.44 bits per heavy atom. The normalized spacial score (nSPS) is 23.8. The molecule has 1 atom stereocenters. The third-order valence-corrected chi connectivity index (χ3v) is 3.75. The second-order valence-corrected chi connectivity index (χ2v) is 5.94. The lowest BCUT2D eigenvalue weighted by atomic mass is 10.1. The summed E-state index contributed by atoms with van der Waals surface area (Å²) in [5.41, 5.74) is 2.20. The molecule has 2 aromatic heterocycles. The first kappa shape index (κ1) is 11.9. The molecule has 18 heavy (non-hydrogen) atoms. The summed E-state index contributed by atoms with van der Waals surface area (Å²) < 4.78 is 0.924. The number of pyridine rings is 2. The minimum absolute atomic E-state index is 0.606. The molecule has 4 nitrogen and oxygen atoms in total. The highest BCUT2D eigenvalue weighted by Gasteiger charge is 2.32. The quantitative estimate of drug-likeness (QED) is 0.878. The molecule has 0 saturated carbocycles. The average Bonchev–Trinajstić information content (AvgIpc) is 2.68. The van der Waals surface area contributed by atoms with E-state index in [-0.39, 0.29) is 0 Å². The van der Waals surface area contributed by atoms with Crippen molar-refractivity contribution >= 4 is 32.7 Å². The summed E-state index contributed by atoms with van der Waals surface area (Å²) in [6.45, 7) is 3.37. The van der Waals surface area contributed by atoms with Gasteiger partial charge in [0, 0.05) is 30.0 Å². The molecule has 1 aliphatic rings. The van der Waals surface area contributed by atoms with Crippen LogP contribution in [-0.4, -0.2) is 33.8 Å². The van der Waals surface area contributed by atoms with Crippen LogP contribution in [0.3, 0.4) is 0 Å². The Hall–Kier alpha value is -1.20. The number of aromatic nitrogens is 2. The first-order valence-corrected chi connectivity index (χ1v) is 6.72. The van der Waals surface area contributed by atoms with Crippen molar-refractivity contribution in [3.05, 3.63) is 29.0 Å². The molecule has 1 N–H and O–H groups in total. The number of hydrogen-bond acceptors (Lipinski definition) is 4. The number of halogens is 1. The van der Waals surface area contributed by atoms with Crippen LogP contribution < -0.4 is 4.90 Å². The third-order valence-electron chi connectivity index (χ3n) is 3.32. The molecule has 0 bridgehead atoms. The molecule has 1 fully saturated rings. The minimum atomic E-state index is -0.606. The van der Waals surface area contributed by atoms with Gasteiger partial charge in [-0.1, -0.05) is 0 Å². The number of hydrogen-bond donors (Lipinski definition) is 1. The van der Waals surface area contributed by atoms with Crippen molar-refractivity contribution in [2.24, 2.45) is 0 Å². The van der Waals surface area contributed by atoms with Gasteiger partial charge in [0.1, 0.15) is 5.52 Å². The minimum Gasteiger partial charge on any atom is -0.388 e. The van der Waals surface area contributed by atoms with Crippen LogP contribution in [0.25, 0.3) is 11.0 Å². The Bertz CT molecular complexity index is 600. The monoisotopic (exact) mass is 307 g/mol. The first-order valence-electron chi connectivity index (χ1n) is 5.93. The molecule has 94 valence electrons. The van der Waals surface area contributed by atoms with Crippen LogP contribution >= 0.6 is 15.9 Å². The Morgan fingerprint density at radius 2 is 2.28 bits per heavy atom. The molecule has 0 aliphatic carbocycles. The van der Waals surface area contributed by atoms with Gasteiger partial charge in [-0.05, 0) is 41.4 Å². The molecular weight excluding hydrogens is 294 g/mol. The molecule has 0 spiro atoms. The largest absolute Gasteiger partial charge is 0.388 e. The van der Waals surface area contributed by atoms with Crippen molar-refractivity contribution in [2.45, 2.75) is 18.9 Å². The summed E-state index contributed by atoms with van der Waals surface area (Å²) in [6, 6.07) is 3.92. The summed E-state index contributed by atoms with van der Waals surface area (Å²) in [5, 5.41) is 10.1. The summed E-state index contributed by atoms with van der Waals surface area (Å²) in [4.78, 5) is 10.9. The zero-order valence-corrected chi connectivity index (χ0v) is 11.7. The van der Waals surface area contributed by atoms with Crippen molar-refractivity contribution in [1.29, 1.82) is 0 Å². The van der Waals surface area contributed by atoms with Gasteiger partial charge in [0.25, 0.3) is 0 Å². The fourth-order valence-electron chi connectivity index (χ4n) is 2.40. The molecule has 1 saturated heterocycles. The second kappa shape index (κ2) is 4.17. The van der Waals surface area contributed by atoms with E-state index in [9.17, 15) is 5.11 Å². The SMILES string of the molecule is CC1(O)CCN(c2ccnc3cc(Br)cnc23)C1. The molecule has 5 heteroatoms. The standard InChI is InChI=1S/C13H14BrN3O/c1-13(18)3-5-17(8-13)11-2-4-15-10-6-9(14)7-16-12(10)11/h2,4,6-7,18H,3,5,8H2,1H3. The van der Waals surface area contributed by atoms with E-state index in [1.807, 2.05) is 19.1 Å². The maximum absolute atomic E-state index is 10.1. The second-order valence-electron chi connectivity index (χ2n) is 5.02. The van der Waals surface area contributed by atoms with Crippen LogP contribution in [-0.2, 0) is 0 Å². The van der Waals surface area contributed by atoms with E-state index in [1.54, 1.807) is 12.4 Å². The van der Waals surface area contributed by atoms with Crippen LogP contribution in [0.15, 0.2) is 29.0 Å². The van der Waals surface area contributed by atoms with Gasteiger partial charge in [-0.15, -0.1) is 0 Å². The summed E-state index contributed by atoms with van der Waals surface area (Å²) in [7, 11) is 0. The lowest BCUT2D eigenvalue weighted by Gasteiger charge is -2.21. The summed E-state index contributed by atoms with van der Waals surface area (Å²) in [6.07, 6.45) is 4.36. The number of fused-ring (bicyclic) bond motifs is 1. The van der Waals surface area contributed by atoms with Crippen LogP contribution in [0, 0.1) is 0 Å². The molecule has 0 aromatic carbocycles. The topological polar surface area (TPSA) is 49.2 Å². The van der Waals surface area contributed by atoms with E-state index in [2.05, 4.69) is 30.8 Å². The maximum atomic E-state index is 10.1. The molecule has 0 radical (unpaired) electrons. The number of aliphatic hydroxyl groups is 1. The van der Waals surface area contributed by atoms with E-state index in [1.165, 1.54) is 0 Å². The molecule has 3 heterocycles. The van der Waals surface area contributed by atoms with Crippen molar-refractivity contribution in [1.82, 2.24) is 9.97 Å². The van der Waals surface area contributed by atoms with Gasteiger partial charge in [0.2, 0.25) is 0 Å². The van der Waals surface area contributed by atoms with E-state index in [0.717, 1.165) is 34.2 Å². The summed E-state index contributed by atoms with van der Waals surface area (Å²) >= 11 is 3.40. The van der Waals surface area contributed by atoms with E-state index < -0.39 is 5.60 Å².